The molecule has 1 aliphatic rings. The third kappa shape index (κ3) is 4.16. The number of carbonyl (C=O) groups excluding carboxylic acids is 1. The Morgan fingerprint density at radius 1 is 1.13 bits per heavy atom. The van der Waals surface area contributed by atoms with E-state index in [1.165, 1.54) is 38.0 Å². The highest BCUT2D eigenvalue weighted by Crippen LogP contribution is 2.38. The molecule has 7 heteroatoms. The van der Waals surface area contributed by atoms with Gasteiger partial charge in [-0.2, -0.15) is 0 Å². The maximum atomic E-state index is 11.8. The number of H-pyrrole nitrogens is 1. The molecule has 156 valence electrons. The Balaban J connectivity index is 1.74. The number of nitrogens with one attached hydrogen (secondary N) is 1. The summed E-state index contributed by atoms with van der Waals surface area (Å²) in [5, 5.41) is 0.836. The first-order chi connectivity index (χ1) is 14.3. The molecule has 1 aromatic carbocycles. The van der Waals surface area contributed by atoms with Crippen LogP contribution in [-0.2, 0) is 14.6 Å². The number of hydrogen-bond donors (Lipinski definition) is 1. The normalized spacial score (nSPS) is 15.6. The summed E-state index contributed by atoms with van der Waals surface area (Å²) in [5.74, 6) is 0.0133. The van der Waals surface area contributed by atoms with E-state index < -0.39 is 15.8 Å². The summed E-state index contributed by atoms with van der Waals surface area (Å²) in [4.78, 5) is 19.7. The monoisotopic (exact) mass is 424 g/mol. The lowest BCUT2D eigenvalue weighted by atomic mass is 9.90. The van der Waals surface area contributed by atoms with Crippen LogP contribution in [0.4, 0.5) is 0 Å². The van der Waals surface area contributed by atoms with Crippen molar-refractivity contribution < 1.29 is 17.9 Å². The molecular formula is C23H24N2O4S. The summed E-state index contributed by atoms with van der Waals surface area (Å²) in [6.07, 6.45) is 9.45. The topological polar surface area (TPSA) is 89.1 Å². The Bertz CT molecular complexity index is 1220. The fourth-order valence-corrected chi connectivity index (χ4v) is 4.71. The number of benzene rings is 1. The molecule has 0 spiro atoms. The quantitative estimate of drug-likeness (QED) is 0.610. The third-order valence-corrected chi connectivity index (χ3v) is 6.76. The van der Waals surface area contributed by atoms with Gasteiger partial charge in [0.1, 0.15) is 5.65 Å². The number of pyridine rings is 1. The molecule has 0 aliphatic heterocycles. The zero-order valence-electron chi connectivity index (χ0n) is 17.0. The van der Waals surface area contributed by atoms with Crippen LogP contribution in [0.15, 0.2) is 47.5 Å². The van der Waals surface area contributed by atoms with Crippen LogP contribution >= 0.6 is 0 Å². The standard InChI is InChI=1S/C23H24N2O4S/c1-29-23(26)18-11-17-12-19(25-22(17)24-14-18)13-21(15-5-3-4-6-15)16-7-9-20(10-8-16)30(2,27)28/h7-15H,3-6H2,1-2H3,(H,24,25). The molecule has 0 bridgehead atoms. The maximum Gasteiger partial charge on any atom is 0.339 e. The smallest absolute Gasteiger partial charge is 0.339 e. The van der Waals surface area contributed by atoms with E-state index in [0.717, 1.165) is 29.5 Å². The summed E-state index contributed by atoms with van der Waals surface area (Å²) < 4.78 is 28.4. The van der Waals surface area contributed by atoms with Crippen LogP contribution < -0.4 is 0 Å². The Labute approximate surface area is 175 Å². The van der Waals surface area contributed by atoms with Gasteiger partial charge in [0, 0.05) is 23.5 Å². The molecule has 0 atom stereocenters. The predicted octanol–water partition coefficient (Wildman–Crippen LogP) is 4.48. The average Bonchev–Trinajstić information content (AvgIpc) is 3.39. The van der Waals surface area contributed by atoms with Gasteiger partial charge in [0.2, 0.25) is 0 Å². The number of esters is 1. The fourth-order valence-electron chi connectivity index (χ4n) is 4.08. The number of aromatic amines is 1. The molecular weight excluding hydrogens is 400 g/mol. The number of aromatic nitrogens is 2. The van der Waals surface area contributed by atoms with Crippen LogP contribution in [0.2, 0.25) is 0 Å². The molecule has 1 N–H and O–H groups in total. The van der Waals surface area contributed by atoms with Crippen molar-refractivity contribution >= 4 is 38.5 Å². The zero-order chi connectivity index (χ0) is 21.3. The summed E-state index contributed by atoms with van der Waals surface area (Å²) in [7, 11) is -1.88. The summed E-state index contributed by atoms with van der Waals surface area (Å²) in [5.41, 5.74) is 4.22. The highest BCUT2D eigenvalue weighted by Gasteiger charge is 2.21. The van der Waals surface area contributed by atoms with E-state index in [1.54, 1.807) is 18.2 Å². The molecule has 30 heavy (non-hydrogen) atoms. The summed E-state index contributed by atoms with van der Waals surface area (Å²) in [6.45, 7) is 0. The number of sulfone groups is 1. The van der Waals surface area contributed by atoms with Crippen molar-refractivity contribution in [3.8, 4) is 0 Å². The first kappa shape index (κ1) is 20.3. The second-order valence-electron chi connectivity index (χ2n) is 7.76. The first-order valence-corrected chi connectivity index (χ1v) is 11.8. The van der Waals surface area contributed by atoms with Crippen LogP contribution in [0.25, 0.3) is 22.7 Å². The molecule has 1 aliphatic carbocycles. The number of fused-ring (bicyclic) bond motifs is 1. The van der Waals surface area contributed by atoms with Crippen molar-refractivity contribution in [3.05, 3.63) is 59.4 Å². The van der Waals surface area contributed by atoms with E-state index in [4.69, 9.17) is 4.74 Å². The minimum atomic E-state index is -3.23. The largest absolute Gasteiger partial charge is 0.465 e. The Kier molecular flexibility index (Phi) is 5.47. The van der Waals surface area contributed by atoms with Gasteiger partial charge in [-0.05, 0) is 60.2 Å². The fraction of sp³-hybridized carbons (Fsp3) is 0.304. The summed E-state index contributed by atoms with van der Waals surface area (Å²) >= 11 is 0. The first-order valence-electron chi connectivity index (χ1n) is 9.94. The minimum Gasteiger partial charge on any atom is -0.465 e. The van der Waals surface area contributed by atoms with E-state index >= 15 is 0 Å². The maximum absolute atomic E-state index is 11.8. The SMILES string of the molecule is COC(=O)c1cnc2[nH]c(C=C(c3ccc(S(C)(=O)=O)cc3)C3CCCC3)cc2c1. The van der Waals surface area contributed by atoms with Gasteiger partial charge in [-0.1, -0.05) is 25.0 Å². The molecule has 2 heterocycles. The van der Waals surface area contributed by atoms with Gasteiger partial charge in [0.15, 0.2) is 9.84 Å². The van der Waals surface area contributed by atoms with E-state index in [2.05, 4.69) is 16.0 Å². The van der Waals surface area contributed by atoms with Gasteiger partial charge in [0.25, 0.3) is 0 Å². The van der Waals surface area contributed by atoms with Crippen LogP contribution in [-0.4, -0.2) is 37.7 Å². The van der Waals surface area contributed by atoms with Crippen molar-refractivity contribution in [2.45, 2.75) is 30.6 Å². The number of hydrogen-bond acceptors (Lipinski definition) is 5. The van der Waals surface area contributed by atoms with Crippen molar-refractivity contribution in [2.24, 2.45) is 5.92 Å². The molecule has 6 nitrogen and oxygen atoms in total. The number of allylic oxidation sites excluding steroid dienone is 1. The van der Waals surface area contributed by atoms with E-state index in [0.29, 0.717) is 22.0 Å². The Morgan fingerprint density at radius 3 is 2.47 bits per heavy atom. The van der Waals surface area contributed by atoms with E-state index in [1.807, 2.05) is 18.2 Å². The molecule has 0 unspecified atom stereocenters. The number of rotatable bonds is 5. The lowest BCUT2D eigenvalue weighted by Crippen LogP contribution is -2.01. The second-order valence-corrected chi connectivity index (χ2v) is 9.77. The zero-order valence-corrected chi connectivity index (χ0v) is 17.8. The van der Waals surface area contributed by atoms with Gasteiger partial charge < -0.3 is 9.72 Å². The van der Waals surface area contributed by atoms with Gasteiger partial charge in [-0.15, -0.1) is 0 Å². The van der Waals surface area contributed by atoms with Gasteiger partial charge in [-0.25, -0.2) is 18.2 Å². The van der Waals surface area contributed by atoms with Gasteiger partial charge >= 0.3 is 5.97 Å². The van der Waals surface area contributed by atoms with E-state index in [9.17, 15) is 13.2 Å². The molecule has 0 amide bonds. The predicted molar refractivity (Wildman–Crippen MR) is 117 cm³/mol. The van der Waals surface area contributed by atoms with E-state index in [-0.39, 0.29) is 0 Å². The van der Waals surface area contributed by atoms with Crippen molar-refractivity contribution in [1.82, 2.24) is 9.97 Å². The molecule has 1 saturated carbocycles. The molecule has 1 fully saturated rings. The van der Waals surface area contributed by atoms with Crippen molar-refractivity contribution in [3.63, 3.8) is 0 Å². The van der Waals surface area contributed by atoms with Crippen LogP contribution in [0.3, 0.4) is 0 Å². The number of methoxy groups -OCH3 is 1. The molecule has 4 rings (SSSR count). The highest BCUT2D eigenvalue weighted by molar-refractivity contribution is 7.90. The Morgan fingerprint density at radius 2 is 1.83 bits per heavy atom. The minimum absolute atomic E-state index is 0.321. The number of nitrogens with zero attached hydrogens (tertiary/aromatic N) is 1. The highest BCUT2D eigenvalue weighted by atomic mass is 32.2. The third-order valence-electron chi connectivity index (χ3n) is 5.63. The summed E-state index contributed by atoms with van der Waals surface area (Å²) in [6, 6.07) is 10.8. The van der Waals surface area contributed by atoms with Gasteiger partial charge in [-0.3, -0.25) is 0 Å². The molecule has 3 aromatic rings. The number of ether oxygens (including phenoxy) is 1. The van der Waals surface area contributed by atoms with Crippen molar-refractivity contribution in [2.75, 3.05) is 13.4 Å². The van der Waals surface area contributed by atoms with Crippen LogP contribution in [0.1, 0.15) is 47.3 Å². The lowest BCUT2D eigenvalue weighted by molar-refractivity contribution is 0.0600. The van der Waals surface area contributed by atoms with Crippen LogP contribution in [0.5, 0.6) is 0 Å². The lowest BCUT2D eigenvalue weighted by Gasteiger charge is -2.15. The molecule has 0 radical (unpaired) electrons. The van der Waals surface area contributed by atoms with Crippen LogP contribution in [0, 0.1) is 5.92 Å². The van der Waals surface area contributed by atoms with Gasteiger partial charge in [0.05, 0.1) is 17.6 Å². The average molecular weight is 425 g/mol. The molecule has 2 aromatic heterocycles. The Hall–Kier alpha value is -2.93. The molecule has 0 saturated heterocycles. The second kappa shape index (κ2) is 8.07. The van der Waals surface area contributed by atoms with Crippen molar-refractivity contribution in [1.29, 1.82) is 0 Å². The number of carbonyl (C=O) groups is 1.